The van der Waals surface area contributed by atoms with Gasteiger partial charge < -0.3 is 20.1 Å². The molecule has 0 aromatic heterocycles. The lowest BCUT2D eigenvalue weighted by Gasteiger charge is -2.31. The summed E-state index contributed by atoms with van der Waals surface area (Å²) in [6, 6.07) is 7.60. The fourth-order valence-corrected chi connectivity index (χ4v) is 2.85. The van der Waals surface area contributed by atoms with E-state index >= 15 is 0 Å². The van der Waals surface area contributed by atoms with Gasteiger partial charge in [-0.2, -0.15) is 0 Å². The van der Waals surface area contributed by atoms with E-state index in [0.29, 0.717) is 13.2 Å². The van der Waals surface area contributed by atoms with Crippen LogP contribution in [0, 0.1) is 0 Å². The highest BCUT2D eigenvalue weighted by atomic mass is 16.5. The minimum absolute atomic E-state index is 0.0813. The van der Waals surface area contributed by atoms with Crippen LogP contribution >= 0.6 is 0 Å². The van der Waals surface area contributed by atoms with Crippen molar-refractivity contribution >= 4 is 11.7 Å². The van der Waals surface area contributed by atoms with Gasteiger partial charge in [-0.25, -0.2) is 4.79 Å². The highest BCUT2D eigenvalue weighted by Gasteiger charge is 2.26. The Labute approximate surface area is 132 Å². The van der Waals surface area contributed by atoms with Crippen molar-refractivity contribution in [1.29, 1.82) is 0 Å². The molecule has 122 valence electrons. The van der Waals surface area contributed by atoms with Gasteiger partial charge in [-0.1, -0.05) is 31.0 Å². The first-order chi connectivity index (χ1) is 10.7. The Kier molecular flexibility index (Phi) is 6.68. The first-order valence-corrected chi connectivity index (χ1v) is 8.00. The SMILES string of the molecule is CCOCc1ccccc1NC(=O)N[C@@H]1CCCC[C@@H]1OC. The van der Waals surface area contributed by atoms with Crippen LogP contribution in [0.1, 0.15) is 38.2 Å². The molecule has 2 amide bonds. The van der Waals surface area contributed by atoms with E-state index in [1.165, 1.54) is 0 Å². The molecule has 0 bridgehead atoms. The number of nitrogens with one attached hydrogen (secondary N) is 2. The largest absolute Gasteiger partial charge is 0.379 e. The summed E-state index contributed by atoms with van der Waals surface area (Å²) in [6.07, 6.45) is 4.37. The van der Waals surface area contributed by atoms with Crippen molar-refractivity contribution in [2.75, 3.05) is 19.0 Å². The van der Waals surface area contributed by atoms with Crippen molar-refractivity contribution in [3.05, 3.63) is 29.8 Å². The second-order valence-electron chi connectivity index (χ2n) is 5.56. The van der Waals surface area contributed by atoms with Gasteiger partial charge in [0.15, 0.2) is 0 Å². The van der Waals surface area contributed by atoms with Gasteiger partial charge >= 0.3 is 6.03 Å². The number of benzene rings is 1. The number of amides is 2. The van der Waals surface area contributed by atoms with Crippen molar-refractivity contribution in [2.45, 2.75) is 51.4 Å². The summed E-state index contributed by atoms with van der Waals surface area (Å²) in [6.45, 7) is 3.10. The third-order valence-corrected chi connectivity index (χ3v) is 4.05. The molecule has 0 radical (unpaired) electrons. The van der Waals surface area contributed by atoms with Crippen LogP contribution in [0.25, 0.3) is 0 Å². The Balaban J connectivity index is 1.94. The van der Waals surface area contributed by atoms with E-state index < -0.39 is 0 Å². The number of hydrogen-bond acceptors (Lipinski definition) is 3. The molecular formula is C17H26N2O3. The molecule has 0 heterocycles. The molecule has 2 N–H and O–H groups in total. The minimum Gasteiger partial charge on any atom is -0.379 e. The zero-order valence-electron chi connectivity index (χ0n) is 13.4. The Morgan fingerprint density at radius 1 is 1.27 bits per heavy atom. The van der Waals surface area contributed by atoms with Crippen LogP contribution < -0.4 is 10.6 Å². The maximum Gasteiger partial charge on any atom is 0.319 e. The van der Waals surface area contributed by atoms with Crippen molar-refractivity contribution in [2.24, 2.45) is 0 Å². The summed E-state index contributed by atoms with van der Waals surface area (Å²) in [7, 11) is 1.71. The summed E-state index contributed by atoms with van der Waals surface area (Å²) in [5.41, 5.74) is 1.77. The lowest BCUT2D eigenvalue weighted by molar-refractivity contribution is 0.0459. The van der Waals surface area contributed by atoms with Crippen molar-refractivity contribution in [3.63, 3.8) is 0 Å². The second-order valence-corrected chi connectivity index (χ2v) is 5.56. The van der Waals surface area contributed by atoms with Crippen LogP contribution in [-0.4, -0.2) is 31.9 Å². The summed E-state index contributed by atoms with van der Waals surface area (Å²) in [5, 5.41) is 5.96. The number of carbonyl (C=O) groups is 1. The molecule has 1 aromatic carbocycles. The Bertz CT molecular complexity index is 479. The zero-order chi connectivity index (χ0) is 15.8. The number of para-hydroxylation sites is 1. The first kappa shape index (κ1) is 16.8. The number of urea groups is 1. The second kappa shape index (κ2) is 8.76. The molecule has 1 fully saturated rings. The normalized spacial score (nSPS) is 21.4. The molecule has 0 unspecified atom stereocenters. The summed E-state index contributed by atoms with van der Waals surface area (Å²) in [4.78, 5) is 12.2. The topological polar surface area (TPSA) is 59.6 Å². The highest BCUT2D eigenvalue weighted by Crippen LogP contribution is 2.21. The van der Waals surface area contributed by atoms with Crippen molar-refractivity contribution in [3.8, 4) is 0 Å². The smallest absolute Gasteiger partial charge is 0.319 e. The van der Waals surface area contributed by atoms with Crippen LogP contribution in [0.5, 0.6) is 0 Å². The van der Waals surface area contributed by atoms with E-state index in [-0.39, 0.29) is 18.2 Å². The van der Waals surface area contributed by atoms with Gasteiger partial charge in [0, 0.05) is 25.0 Å². The zero-order valence-corrected chi connectivity index (χ0v) is 13.4. The molecule has 2 atom stereocenters. The average molecular weight is 306 g/mol. The maximum atomic E-state index is 12.2. The fraction of sp³-hybridized carbons (Fsp3) is 0.588. The van der Waals surface area contributed by atoms with Gasteiger partial charge in [0.05, 0.1) is 18.8 Å². The predicted molar refractivity (Wildman–Crippen MR) is 87.0 cm³/mol. The lowest BCUT2D eigenvalue weighted by Crippen LogP contribution is -2.47. The molecule has 0 spiro atoms. The molecule has 0 saturated heterocycles. The average Bonchev–Trinajstić information content (AvgIpc) is 2.54. The molecule has 1 aliphatic carbocycles. The van der Waals surface area contributed by atoms with E-state index in [9.17, 15) is 4.79 Å². The van der Waals surface area contributed by atoms with Gasteiger partial charge in [-0.3, -0.25) is 0 Å². The van der Waals surface area contributed by atoms with Crippen LogP contribution in [0.3, 0.4) is 0 Å². The van der Waals surface area contributed by atoms with Crippen LogP contribution in [-0.2, 0) is 16.1 Å². The molecule has 22 heavy (non-hydrogen) atoms. The molecule has 1 aromatic rings. The van der Waals surface area contributed by atoms with E-state index in [4.69, 9.17) is 9.47 Å². The predicted octanol–water partition coefficient (Wildman–Crippen LogP) is 3.30. The van der Waals surface area contributed by atoms with Crippen molar-refractivity contribution < 1.29 is 14.3 Å². The number of methoxy groups -OCH3 is 1. The quantitative estimate of drug-likeness (QED) is 0.847. The van der Waals surface area contributed by atoms with Gasteiger partial charge in [0.2, 0.25) is 0 Å². The number of anilines is 1. The van der Waals surface area contributed by atoms with Crippen LogP contribution in [0.4, 0.5) is 10.5 Å². The van der Waals surface area contributed by atoms with Crippen molar-refractivity contribution in [1.82, 2.24) is 5.32 Å². The minimum atomic E-state index is -0.183. The van der Waals surface area contributed by atoms with E-state index in [1.807, 2.05) is 31.2 Å². The lowest BCUT2D eigenvalue weighted by atomic mass is 9.92. The van der Waals surface area contributed by atoms with E-state index in [2.05, 4.69) is 10.6 Å². The molecule has 0 aliphatic heterocycles. The number of rotatable bonds is 6. The molecule has 1 saturated carbocycles. The van der Waals surface area contributed by atoms with Crippen LogP contribution in [0.2, 0.25) is 0 Å². The molecule has 1 aliphatic rings. The van der Waals surface area contributed by atoms with Gasteiger partial charge in [0.1, 0.15) is 0 Å². The van der Waals surface area contributed by atoms with Crippen LogP contribution in [0.15, 0.2) is 24.3 Å². The standard InChI is InChI=1S/C17H26N2O3/c1-3-22-12-13-8-4-5-9-14(13)18-17(20)19-15-10-6-7-11-16(15)21-2/h4-5,8-9,15-16H,3,6-7,10-12H2,1-2H3,(H2,18,19,20)/t15-,16+/m1/s1. The monoisotopic (exact) mass is 306 g/mol. The third kappa shape index (κ3) is 4.71. The number of hydrogen-bond donors (Lipinski definition) is 2. The summed E-state index contributed by atoms with van der Waals surface area (Å²) >= 11 is 0. The van der Waals surface area contributed by atoms with Gasteiger partial charge in [0.25, 0.3) is 0 Å². The fourth-order valence-electron chi connectivity index (χ4n) is 2.85. The molecule has 5 heteroatoms. The summed E-state index contributed by atoms with van der Waals surface area (Å²) < 4.78 is 10.9. The number of ether oxygens (including phenoxy) is 2. The van der Waals surface area contributed by atoms with E-state index in [1.54, 1.807) is 7.11 Å². The highest BCUT2D eigenvalue weighted by molar-refractivity contribution is 5.90. The first-order valence-electron chi connectivity index (χ1n) is 8.00. The summed E-state index contributed by atoms with van der Waals surface area (Å²) in [5.74, 6) is 0. The van der Waals surface area contributed by atoms with Gasteiger partial charge in [-0.05, 0) is 25.8 Å². The Hall–Kier alpha value is -1.59. The third-order valence-electron chi connectivity index (χ3n) is 4.05. The molecule has 5 nitrogen and oxygen atoms in total. The number of carbonyl (C=O) groups excluding carboxylic acids is 1. The molecular weight excluding hydrogens is 280 g/mol. The maximum absolute atomic E-state index is 12.2. The van der Waals surface area contributed by atoms with Gasteiger partial charge in [-0.15, -0.1) is 0 Å². The Morgan fingerprint density at radius 2 is 2.05 bits per heavy atom. The van der Waals surface area contributed by atoms with E-state index in [0.717, 1.165) is 36.9 Å². The molecule has 2 rings (SSSR count). The Morgan fingerprint density at radius 3 is 2.82 bits per heavy atom.